The number of aromatic nitrogens is 2. The van der Waals surface area contributed by atoms with E-state index in [2.05, 4.69) is 10.3 Å². The summed E-state index contributed by atoms with van der Waals surface area (Å²) in [5.74, 6) is -0.786. The van der Waals surface area contributed by atoms with Crippen molar-refractivity contribution in [3.8, 4) is 5.13 Å². The van der Waals surface area contributed by atoms with Crippen LogP contribution in [-0.2, 0) is 0 Å². The minimum absolute atomic E-state index is 0.173. The first-order chi connectivity index (χ1) is 10.6. The van der Waals surface area contributed by atoms with Crippen LogP contribution in [0.2, 0.25) is 0 Å². The Morgan fingerprint density at radius 1 is 1.32 bits per heavy atom. The molecule has 0 aliphatic heterocycles. The molecule has 22 heavy (non-hydrogen) atoms. The Balaban J connectivity index is 1.94. The number of anilines is 1. The maximum Gasteiger partial charge on any atom is 0.257 e. The minimum Gasteiger partial charge on any atom is -0.319 e. The van der Waals surface area contributed by atoms with Crippen molar-refractivity contribution in [1.29, 1.82) is 0 Å². The number of hydrogen-bond donors (Lipinski definition) is 1. The maximum absolute atomic E-state index is 13.6. The van der Waals surface area contributed by atoms with Crippen LogP contribution < -0.4 is 5.32 Å². The monoisotopic (exact) mass is 315 g/mol. The lowest BCUT2D eigenvalue weighted by Gasteiger charge is -2.07. The smallest absolute Gasteiger partial charge is 0.257 e. The summed E-state index contributed by atoms with van der Waals surface area (Å²) in [4.78, 5) is 16.7. The highest BCUT2D eigenvalue weighted by Crippen LogP contribution is 2.23. The summed E-state index contributed by atoms with van der Waals surface area (Å²) in [5.41, 5.74) is 2.37. The third kappa shape index (κ3) is 2.53. The molecular formula is C16H14FN3OS. The average Bonchev–Trinajstić information content (AvgIpc) is 3.09. The van der Waals surface area contributed by atoms with E-state index in [1.165, 1.54) is 23.5 Å². The van der Waals surface area contributed by atoms with Crippen molar-refractivity contribution in [3.63, 3.8) is 0 Å². The van der Waals surface area contributed by atoms with E-state index < -0.39 is 5.82 Å². The third-order valence-corrected chi connectivity index (χ3v) is 4.16. The second-order valence-corrected chi connectivity index (χ2v) is 5.74. The summed E-state index contributed by atoms with van der Waals surface area (Å²) in [6.07, 6.45) is 1.72. The number of nitrogens with one attached hydrogen (secondary N) is 1. The predicted octanol–water partition coefficient (Wildman–Crippen LogP) is 3.94. The zero-order valence-electron chi connectivity index (χ0n) is 12.1. The van der Waals surface area contributed by atoms with Crippen molar-refractivity contribution in [2.45, 2.75) is 13.8 Å². The van der Waals surface area contributed by atoms with Gasteiger partial charge >= 0.3 is 0 Å². The Hall–Kier alpha value is -2.47. The molecule has 0 spiro atoms. The van der Waals surface area contributed by atoms with Gasteiger partial charge in [-0.25, -0.2) is 9.37 Å². The zero-order chi connectivity index (χ0) is 15.7. The topological polar surface area (TPSA) is 46.9 Å². The van der Waals surface area contributed by atoms with Crippen molar-refractivity contribution < 1.29 is 9.18 Å². The van der Waals surface area contributed by atoms with Crippen LogP contribution >= 0.6 is 11.3 Å². The van der Waals surface area contributed by atoms with Crippen molar-refractivity contribution in [2.75, 3.05) is 5.32 Å². The highest BCUT2D eigenvalue weighted by Gasteiger charge is 2.18. The summed E-state index contributed by atoms with van der Waals surface area (Å²) in [6.45, 7) is 3.76. The molecule has 2 heterocycles. The number of carbonyl (C=O) groups excluding carboxylic acids is 1. The van der Waals surface area contributed by atoms with Crippen LogP contribution in [0.5, 0.6) is 0 Å². The molecule has 0 radical (unpaired) electrons. The lowest BCUT2D eigenvalue weighted by Crippen LogP contribution is -2.14. The van der Waals surface area contributed by atoms with Crippen molar-refractivity contribution in [1.82, 2.24) is 9.55 Å². The van der Waals surface area contributed by atoms with Gasteiger partial charge in [0.15, 0.2) is 5.13 Å². The van der Waals surface area contributed by atoms with Crippen LogP contribution in [0.15, 0.2) is 41.9 Å². The SMILES string of the molecule is Cc1cc(C(=O)Nc2ccccc2F)c(C)n1-c1nccs1. The van der Waals surface area contributed by atoms with E-state index >= 15 is 0 Å². The van der Waals surface area contributed by atoms with Gasteiger partial charge in [0.1, 0.15) is 5.82 Å². The number of aryl methyl sites for hydroxylation is 1. The normalized spacial score (nSPS) is 10.7. The molecule has 0 saturated heterocycles. The highest BCUT2D eigenvalue weighted by molar-refractivity contribution is 7.12. The minimum atomic E-state index is -0.454. The van der Waals surface area contributed by atoms with E-state index in [0.29, 0.717) is 5.56 Å². The summed E-state index contributed by atoms with van der Waals surface area (Å²) in [6, 6.07) is 7.89. The van der Waals surface area contributed by atoms with E-state index in [4.69, 9.17) is 0 Å². The highest BCUT2D eigenvalue weighted by atomic mass is 32.1. The predicted molar refractivity (Wildman–Crippen MR) is 85.3 cm³/mol. The van der Waals surface area contributed by atoms with Gasteiger partial charge < -0.3 is 5.32 Å². The van der Waals surface area contributed by atoms with Gasteiger partial charge in [0.25, 0.3) is 5.91 Å². The molecule has 2 aromatic heterocycles. The van der Waals surface area contributed by atoms with Gasteiger partial charge in [-0.1, -0.05) is 12.1 Å². The van der Waals surface area contributed by atoms with Gasteiger partial charge in [0.05, 0.1) is 11.3 Å². The molecule has 4 nitrogen and oxygen atoms in total. The number of hydrogen-bond acceptors (Lipinski definition) is 3. The van der Waals surface area contributed by atoms with Crippen LogP contribution in [-0.4, -0.2) is 15.5 Å². The molecule has 0 saturated carbocycles. The number of rotatable bonds is 3. The van der Waals surface area contributed by atoms with Crippen LogP contribution in [0.25, 0.3) is 5.13 Å². The Bertz CT molecular complexity index is 824. The molecule has 6 heteroatoms. The first-order valence-corrected chi connectivity index (χ1v) is 7.60. The second kappa shape index (κ2) is 5.73. The Kier molecular flexibility index (Phi) is 3.77. The molecule has 3 rings (SSSR count). The number of nitrogens with zero attached hydrogens (tertiary/aromatic N) is 2. The molecule has 0 atom stereocenters. The van der Waals surface area contributed by atoms with E-state index in [-0.39, 0.29) is 11.6 Å². The first kappa shape index (κ1) is 14.5. The van der Waals surface area contributed by atoms with Crippen LogP contribution in [0.3, 0.4) is 0 Å². The van der Waals surface area contributed by atoms with Crippen molar-refractivity contribution in [3.05, 3.63) is 64.7 Å². The number of amides is 1. The zero-order valence-corrected chi connectivity index (χ0v) is 12.9. The number of carbonyl (C=O) groups is 1. The molecule has 3 aromatic rings. The quantitative estimate of drug-likeness (QED) is 0.795. The fourth-order valence-corrected chi connectivity index (χ4v) is 3.12. The fraction of sp³-hybridized carbons (Fsp3) is 0.125. The van der Waals surface area contributed by atoms with Gasteiger partial charge in [0.2, 0.25) is 0 Å². The lowest BCUT2D eigenvalue weighted by atomic mass is 10.2. The van der Waals surface area contributed by atoms with E-state index in [9.17, 15) is 9.18 Å². The largest absolute Gasteiger partial charge is 0.319 e. The van der Waals surface area contributed by atoms with E-state index in [0.717, 1.165) is 16.5 Å². The molecule has 0 bridgehead atoms. The van der Waals surface area contributed by atoms with Crippen molar-refractivity contribution in [2.24, 2.45) is 0 Å². The van der Waals surface area contributed by atoms with Gasteiger partial charge in [-0.15, -0.1) is 11.3 Å². The van der Waals surface area contributed by atoms with Crippen molar-refractivity contribution >= 4 is 22.9 Å². The van der Waals surface area contributed by atoms with E-state index in [1.807, 2.05) is 23.8 Å². The number of benzene rings is 1. The number of thiazole rings is 1. The molecule has 0 aliphatic rings. The fourth-order valence-electron chi connectivity index (χ4n) is 2.37. The molecular weight excluding hydrogens is 301 g/mol. The summed E-state index contributed by atoms with van der Waals surface area (Å²) >= 11 is 1.50. The van der Waals surface area contributed by atoms with Crippen LogP contribution in [0.1, 0.15) is 21.7 Å². The average molecular weight is 315 g/mol. The molecule has 1 N–H and O–H groups in total. The molecule has 1 aromatic carbocycles. The molecule has 0 unspecified atom stereocenters. The molecule has 112 valence electrons. The van der Waals surface area contributed by atoms with Gasteiger partial charge in [-0.3, -0.25) is 9.36 Å². The molecule has 0 aliphatic carbocycles. The molecule has 0 fully saturated rings. The first-order valence-electron chi connectivity index (χ1n) is 6.72. The van der Waals surface area contributed by atoms with Gasteiger partial charge in [0, 0.05) is 23.0 Å². The van der Waals surface area contributed by atoms with Crippen LogP contribution in [0, 0.1) is 19.7 Å². The number of halogens is 1. The Morgan fingerprint density at radius 2 is 2.09 bits per heavy atom. The number of para-hydroxylation sites is 1. The van der Waals surface area contributed by atoms with Gasteiger partial charge in [-0.05, 0) is 32.0 Å². The van der Waals surface area contributed by atoms with Gasteiger partial charge in [-0.2, -0.15) is 0 Å². The summed E-state index contributed by atoms with van der Waals surface area (Å²) in [5, 5.41) is 5.30. The Morgan fingerprint density at radius 3 is 2.77 bits per heavy atom. The summed E-state index contributed by atoms with van der Waals surface area (Å²) in [7, 11) is 0. The van der Waals surface area contributed by atoms with E-state index in [1.54, 1.807) is 24.4 Å². The third-order valence-electron chi connectivity index (χ3n) is 3.41. The lowest BCUT2D eigenvalue weighted by molar-refractivity contribution is 0.102. The summed E-state index contributed by atoms with van der Waals surface area (Å²) < 4.78 is 15.6. The maximum atomic E-state index is 13.6. The second-order valence-electron chi connectivity index (χ2n) is 4.87. The van der Waals surface area contributed by atoms with Crippen LogP contribution in [0.4, 0.5) is 10.1 Å². The Labute approximate surface area is 131 Å². The standard InChI is InChI=1S/C16H14FN3OS/c1-10-9-12(11(2)20(10)16-18-7-8-22-16)15(21)19-14-6-4-3-5-13(14)17/h3-9H,1-2H3,(H,19,21). The molecule has 1 amide bonds.